The highest BCUT2D eigenvalue weighted by atomic mass is 32.2. The van der Waals surface area contributed by atoms with Crippen molar-refractivity contribution in [3.63, 3.8) is 0 Å². The van der Waals surface area contributed by atoms with Crippen LogP contribution in [0.5, 0.6) is 5.75 Å². The molecule has 2 atom stereocenters. The third-order valence-corrected chi connectivity index (χ3v) is 7.07. The second-order valence-electron chi connectivity index (χ2n) is 7.55. The van der Waals surface area contributed by atoms with E-state index in [1.54, 1.807) is 29.6 Å². The highest BCUT2D eigenvalue weighted by Gasteiger charge is 2.43. The zero-order chi connectivity index (χ0) is 18.7. The lowest BCUT2D eigenvalue weighted by Crippen LogP contribution is -2.48. The summed E-state index contributed by atoms with van der Waals surface area (Å²) in [5, 5.41) is 0. The van der Waals surface area contributed by atoms with E-state index in [0.717, 1.165) is 32.5 Å². The Morgan fingerprint density at radius 2 is 1.96 bits per heavy atom. The number of benzene rings is 1. The maximum Gasteiger partial charge on any atom is 0.247 e. The van der Waals surface area contributed by atoms with Crippen molar-refractivity contribution in [2.75, 3.05) is 39.9 Å². The molecule has 2 aliphatic rings. The number of hydrogen-bond acceptors (Lipinski definition) is 5. The van der Waals surface area contributed by atoms with Crippen LogP contribution >= 0.6 is 0 Å². The molecule has 0 aromatic heterocycles. The minimum atomic E-state index is -3.57. The van der Waals surface area contributed by atoms with E-state index in [0.29, 0.717) is 23.8 Å². The molecule has 6 nitrogen and oxygen atoms in total. The number of rotatable bonds is 5. The predicted molar refractivity (Wildman–Crippen MR) is 101 cm³/mol. The third kappa shape index (κ3) is 4.06. The first-order valence-corrected chi connectivity index (χ1v) is 10.9. The molecule has 0 saturated carbocycles. The number of methoxy groups -OCH3 is 1. The van der Waals surface area contributed by atoms with Gasteiger partial charge in [-0.15, -0.1) is 0 Å². The lowest BCUT2D eigenvalue weighted by molar-refractivity contribution is 0.108. The normalized spacial score (nSPS) is 26.5. The molecule has 3 rings (SSSR count). The molecule has 0 bridgehead atoms. The summed E-state index contributed by atoms with van der Waals surface area (Å²) in [6.45, 7) is 7.93. The summed E-state index contributed by atoms with van der Waals surface area (Å²) >= 11 is 0. The summed E-state index contributed by atoms with van der Waals surface area (Å²) in [6.07, 6.45) is 1.46. The summed E-state index contributed by atoms with van der Waals surface area (Å²) in [5.41, 5.74) is 0. The number of sulfonamides is 1. The van der Waals surface area contributed by atoms with Crippen molar-refractivity contribution in [2.24, 2.45) is 5.92 Å². The van der Waals surface area contributed by atoms with Crippen LogP contribution in [0.15, 0.2) is 29.2 Å². The molecule has 1 aromatic carbocycles. The highest BCUT2D eigenvalue weighted by molar-refractivity contribution is 7.89. The van der Waals surface area contributed by atoms with Gasteiger partial charge in [-0.3, -0.25) is 0 Å². The second-order valence-corrected chi connectivity index (χ2v) is 9.41. The Morgan fingerprint density at radius 3 is 2.69 bits per heavy atom. The number of para-hydroxylation sites is 1. The van der Waals surface area contributed by atoms with Crippen molar-refractivity contribution in [2.45, 2.75) is 43.7 Å². The Kier molecular flexibility index (Phi) is 6.22. The Labute approximate surface area is 157 Å². The van der Waals surface area contributed by atoms with Crippen molar-refractivity contribution in [1.29, 1.82) is 0 Å². The molecule has 1 aromatic rings. The Morgan fingerprint density at radius 1 is 1.23 bits per heavy atom. The van der Waals surface area contributed by atoms with Crippen LogP contribution in [-0.4, -0.2) is 69.7 Å². The van der Waals surface area contributed by atoms with Crippen LogP contribution in [0.25, 0.3) is 0 Å². The molecule has 1 fully saturated rings. The van der Waals surface area contributed by atoms with Crippen molar-refractivity contribution < 1.29 is 17.9 Å². The van der Waals surface area contributed by atoms with Gasteiger partial charge in [-0.05, 0) is 37.4 Å². The number of ether oxygens (including phenoxy) is 2. The predicted octanol–water partition coefficient (Wildman–Crippen LogP) is 2.21. The molecule has 0 amide bonds. The maximum absolute atomic E-state index is 13.4. The molecule has 146 valence electrons. The van der Waals surface area contributed by atoms with Crippen LogP contribution in [0.2, 0.25) is 0 Å². The smallest absolute Gasteiger partial charge is 0.247 e. The van der Waals surface area contributed by atoms with E-state index < -0.39 is 10.0 Å². The summed E-state index contributed by atoms with van der Waals surface area (Å²) in [4.78, 5) is 2.64. The van der Waals surface area contributed by atoms with Crippen LogP contribution in [0.1, 0.15) is 26.7 Å². The molecule has 7 heteroatoms. The zero-order valence-electron chi connectivity index (χ0n) is 15.9. The Bertz CT molecular complexity index is 707. The average molecular weight is 383 g/mol. The van der Waals surface area contributed by atoms with Crippen molar-refractivity contribution in [1.82, 2.24) is 9.21 Å². The van der Waals surface area contributed by atoms with Crippen LogP contribution in [0.3, 0.4) is 0 Å². The van der Waals surface area contributed by atoms with Gasteiger partial charge in [-0.25, -0.2) is 8.42 Å². The Hall–Kier alpha value is -1.15. The maximum atomic E-state index is 13.4. The lowest BCUT2D eigenvalue weighted by Gasteiger charge is -2.32. The van der Waals surface area contributed by atoms with Crippen molar-refractivity contribution >= 4 is 10.0 Å². The highest BCUT2D eigenvalue weighted by Crippen LogP contribution is 2.36. The molecule has 2 heterocycles. The first kappa shape index (κ1) is 19.6. The van der Waals surface area contributed by atoms with Gasteiger partial charge < -0.3 is 14.4 Å². The monoisotopic (exact) mass is 382 g/mol. The van der Waals surface area contributed by atoms with Gasteiger partial charge in [0.05, 0.1) is 12.6 Å². The van der Waals surface area contributed by atoms with Gasteiger partial charge in [0.15, 0.2) is 0 Å². The van der Waals surface area contributed by atoms with E-state index in [4.69, 9.17) is 9.47 Å². The van der Waals surface area contributed by atoms with Crippen LogP contribution < -0.4 is 4.74 Å². The van der Waals surface area contributed by atoms with Crippen LogP contribution in [-0.2, 0) is 14.8 Å². The van der Waals surface area contributed by atoms with Gasteiger partial charge in [0.2, 0.25) is 10.0 Å². The SMILES string of the molecule is COCCN1CC[C@@H]2Oc3ccccc3S(=O)(=O)N(CC(C)C)[C@H]2CC1. The van der Waals surface area contributed by atoms with Gasteiger partial charge in [0.1, 0.15) is 16.7 Å². The molecule has 0 unspecified atom stereocenters. The average Bonchev–Trinajstić information content (AvgIpc) is 2.84. The molecule has 0 radical (unpaired) electrons. The topological polar surface area (TPSA) is 59.1 Å². The second kappa shape index (κ2) is 8.25. The number of fused-ring (bicyclic) bond motifs is 2. The molecule has 26 heavy (non-hydrogen) atoms. The Balaban J connectivity index is 1.95. The lowest BCUT2D eigenvalue weighted by atomic mass is 10.0. The van der Waals surface area contributed by atoms with Crippen LogP contribution in [0, 0.1) is 5.92 Å². The van der Waals surface area contributed by atoms with E-state index in [9.17, 15) is 8.42 Å². The fourth-order valence-electron chi connectivity index (χ4n) is 3.85. The number of likely N-dealkylation sites (tertiary alicyclic amines) is 1. The first-order valence-electron chi connectivity index (χ1n) is 9.42. The minimum absolute atomic E-state index is 0.125. The van der Waals surface area contributed by atoms with Gasteiger partial charge in [-0.2, -0.15) is 4.31 Å². The fourth-order valence-corrected chi connectivity index (χ4v) is 5.81. The van der Waals surface area contributed by atoms with E-state index >= 15 is 0 Å². The summed E-state index contributed by atoms with van der Waals surface area (Å²) in [5.74, 6) is 0.739. The van der Waals surface area contributed by atoms with E-state index in [-0.39, 0.29) is 18.1 Å². The van der Waals surface area contributed by atoms with Gasteiger partial charge in [-0.1, -0.05) is 26.0 Å². The largest absolute Gasteiger partial charge is 0.487 e. The van der Waals surface area contributed by atoms with Gasteiger partial charge in [0, 0.05) is 26.7 Å². The van der Waals surface area contributed by atoms with Gasteiger partial charge in [0.25, 0.3) is 0 Å². The van der Waals surface area contributed by atoms with Crippen LogP contribution in [0.4, 0.5) is 0 Å². The van der Waals surface area contributed by atoms with E-state index in [1.807, 2.05) is 6.07 Å². The number of nitrogens with zero attached hydrogens (tertiary/aromatic N) is 2. The third-order valence-electron chi connectivity index (χ3n) is 5.14. The first-order chi connectivity index (χ1) is 12.4. The molecular formula is C19H30N2O4S. The minimum Gasteiger partial charge on any atom is -0.487 e. The molecule has 0 aliphatic carbocycles. The van der Waals surface area contributed by atoms with Crippen molar-refractivity contribution in [3.05, 3.63) is 24.3 Å². The summed E-state index contributed by atoms with van der Waals surface area (Å²) in [6, 6.07) is 6.90. The molecule has 0 spiro atoms. The quantitative estimate of drug-likeness (QED) is 0.781. The fraction of sp³-hybridized carbons (Fsp3) is 0.684. The van der Waals surface area contributed by atoms with E-state index in [1.165, 1.54) is 0 Å². The summed E-state index contributed by atoms with van der Waals surface area (Å²) < 4.78 is 39.9. The van der Waals surface area contributed by atoms with Gasteiger partial charge >= 0.3 is 0 Å². The summed E-state index contributed by atoms with van der Waals surface area (Å²) in [7, 11) is -1.86. The molecule has 0 N–H and O–H groups in total. The van der Waals surface area contributed by atoms with Crippen molar-refractivity contribution in [3.8, 4) is 5.75 Å². The molecular weight excluding hydrogens is 352 g/mol. The zero-order valence-corrected chi connectivity index (χ0v) is 16.7. The molecule has 1 saturated heterocycles. The number of hydrogen-bond donors (Lipinski definition) is 0. The molecule has 2 aliphatic heterocycles. The van der Waals surface area contributed by atoms with E-state index in [2.05, 4.69) is 18.7 Å². The standard InChI is InChI=1S/C19H30N2O4S/c1-15(2)14-21-16-8-10-20(12-13-24-3)11-9-17(16)25-18-6-4-5-7-19(18)26(21,22)23/h4-7,15-17H,8-14H2,1-3H3/t16-,17-/m0/s1.